The van der Waals surface area contributed by atoms with Crippen LogP contribution in [0.3, 0.4) is 0 Å². The van der Waals surface area contributed by atoms with Crippen molar-refractivity contribution < 1.29 is 9.53 Å². The third-order valence-corrected chi connectivity index (χ3v) is 5.37. The van der Waals surface area contributed by atoms with E-state index in [0.29, 0.717) is 25.3 Å². The molecule has 0 aliphatic carbocycles. The largest absolute Gasteiger partial charge is 0.497 e. The Morgan fingerprint density at radius 1 is 1.18 bits per heavy atom. The summed E-state index contributed by atoms with van der Waals surface area (Å²) >= 11 is 0. The first kappa shape index (κ1) is 18.2. The van der Waals surface area contributed by atoms with E-state index in [2.05, 4.69) is 26.0 Å². The normalized spacial score (nSPS) is 14.5. The van der Waals surface area contributed by atoms with Crippen molar-refractivity contribution in [2.75, 3.05) is 38.2 Å². The zero-order valence-electron chi connectivity index (χ0n) is 16.4. The van der Waals surface area contributed by atoms with Crippen LogP contribution in [0.2, 0.25) is 0 Å². The second-order valence-corrected chi connectivity index (χ2v) is 6.98. The SMILES string of the molecule is COc1cccc(N2CCN(C(=O)Cc3c(C)nc4ncnn4c3C)CC2)c1. The third kappa shape index (κ3) is 3.37. The average molecular weight is 380 g/mol. The number of carbonyl (C=O) groups excluding carboxylic acids is 1. The summed E-state index contributed by atoms with van der Waals surface area (Å²) in [6.07, 6.45) is 1.82. The molecule has 1 saturated heterocycles. The number of piperazine rings is 1. The minimum Gasteiger partial charge on any atom is -0.497 e. The molecule has 0 unspecified atom stereocenters. The fourth-order valence-corrected chi connectivity index (χ4v) is 3.70. The summed E-state index contributed by atoms with van der Waals surface area (Å²) in [6.45, 7) is 6.89. The Morgan fingerprint density at radius 3 is 2.71 bits per heavy atom. The lowest BCUT2D eigenvalue weighted by molar-refractivity contribution is -0.130. The number of aromatic nitrogens is 4. The van der Waals surface area contributed by atoms with Gasteiger partial charge in [-0.3, -0.25) is 4.79 Å². The van der Waals surface area contributed by atoms with Crippen molar-refractivity contribution in [3.63, 3.8) is 0 Å². The number of amides is 1. The molecule has 0 N–H and O–H groups in total. The number of aryl methyl sites for hydroxylation is 2. The van der Waals surface area contributed by atoms with Gasteiger partial charge in [-0.15, -0.1) is 0 Å². The molecule has 1 aliphatic rings. The number of anilines is 1. The van der Waals surface area contributed by atoms with Gasteiger partial charge in [0, 0.05) is 54.9 Å². The minimum absolute atomic E-state index is 0.123. The molecule has 0 radical (unpaired) electrons. The summed E-state index contributed by atoms with van der Waals surface area (Å²) in [7, 11) is 1.67. The molecule has 28 heavy (non-hydrogen) atoms. The van der Waals surface area contributed by atoms with Gasteiger partial charge in [-0.25, -0.2) is 9.50 Å². The quantitative estimate of drug-likeness (QED) is 0.685. The van der Waals surface area contributed by atoms with Gasteiger partial charge >= 0.3 is 0 Å². The van der Waals surface area contributed by atoms with Crippen LogP contribution < -0.4 is 9.64 Å². The van der Waals surface area contributed by atoms with Gasteiger partial charge in [-0.05, 0) is 26.0 Å². The summed E-state index contributed by atoms with van der Waals surface area (Å²) in [5.41, 5.74) is 3.81. The van der Waals surface area contributed by atoms with Gasteiger partial charge in [0.2, 0.25) is 5.91 Å². The zero-order chi connectivity index (χ0) is 19.7. The van der Waals surface area contributed by atoms with Crippen LogP contribution in [0.15, 0.2) is 30.6 Å². The second-order valence-electron chi connectivity index (χ2n) is 6.98. The molecule has 0 spiro atoms. The Bertz CT molecular complexity index is 1010. The van der Waals surface area contributed by atoms with Crippen molar-refractivity contribution in [1.29, 1.82) is 0 Å². The molecule has 1 fully saturated rings. The Hall–Kier alpha value is -3.16. The first-order valence-corrected chi connectivity index (χ1v) is 9.39. The van der Waals surface area contributed by atoms with Gasteiger partial charge < -0.3 is 14.5 Å². The van der Waals surface area contributed by atoms with Crippen LogP contribution in [0.4, 0.5) is 5.69 Å². The van der Waals surface area contributed by atoms with Crippen LogP contribution in [0, 0.1) is 13.8 Å². The third-order valence-electron chi connectivity index (χ3n) is 5.37. The Labute approximate surface area is 163 Å². The number of hydrogen-bond donors (Lipinski definition) is 0. The highest BCUT2D eigenvalue weighted by molar-refractivity contribution is 5.79. The van der Waals surface area contributed by atoms with Crippen molar-refractivity contribution in [1.82, 2.24) is 24.5 Å². The predicted octanol–water partition coefficient (Wildman–Crippen LogP) is 1.64. The maximum absolute atomic E-state index is 12.9. The van der Waals surface area contributed by atoms with E-state index < -0.39 is 0 Å². The van der Waals surface area contributed by atoms with Crippen LogP contribution >= 0.6 is 0 Å². The molecule has 2 aromatic heterocycles. The van der Waals surface area contributed by atoms with Crippen LogP contribution in [0.25, 0.3) is 5.78 Å². The lowest BCUT2D eigenvalue weighted by Crippen LogP contribution is -2.49. The monoisotopic (exact) mass is 380 g/mol. The van der Waals surface area contributed by atoms with Crippen LogP contribution in [-0.4, -0.2) is 63.7 Å². The highest BCUT2D eigenvalue weighted by atomic mass is 16.5. The molecule has 1 aliphatic heterocycles. The van der Waals surface area contributed by atoms with E-state index in [4.69, 9.17) is 4.74 Å². The van der Waals surface area contributed by atoms with Crippen molar-refractivity contribution >= 4 is 17.4 Å². The Balaban J connectivity index is 1.43. The number of methoxy groups -OCH3 is 1. The molecule has 8 heteroatoms. The lowest BCUT2D eigenvalue weighted by Gasteiger charge is -2.36. The average Bonchev–Trinajstić information content (AvgIpc) is 3.19. The number of benzene rings is 1. The summed E-state index contributed by atoms with van der Waals surface area (Å²) < 4.78 is 7.00. The topological polar surface area (TPSA) is 75.9 Å². The maximum atomic E-state index is 12.9. The number of nitrogens with zero attached hydrogens (tertiary/aromatic N) is 6. The number of carbonyl (C=O) groups is 1. The standard InChI is InChI=1S/C20H24N6O2/c1-14-18(15(2)26-20(23-14)21-13-22-26)12-19(27)25-9-7-24(8-10-25)16-5-4-6-17(11-16)28-3/h4-6,11,13H,7-10,12H2,1-3H3. The number of fused-ring (bicyclic) bond motifs is 1. The molecule has 146 valence electrons. The van der Waals surface area contributed by atoms with Crippen molar-refractivity contribution in [3.05, 3.63) is 47.5 Å². The fourth-order valence-electron chi connectivity index (χ4n) is 3.70. The highest BCUT2D eigenvalue weighted by Crippen LogP contribution is 2.22. The van der Waals surface area contributed by atoms with Crippen molar-refractivity contribution in [3.8, 4) is 5.75 Å². The minimum atomic E-state index is 0.123. The number of rotatable bonds is 4. The van der Waals surface area contributed by atoms with E-state index >= 15 is 0 Å². The molecule has 3 heterocycles. The van der Waals surface area contributed by atoms with E-state index in [-0.39, 0.29) is 5.91 Å². The van der Waals surface area contributed by atoms with E-state index in [1.54, 1.807) is 11.6 Å². The van der Waals surface area contributed by atoms with Gasteiger partial charge in [0.05, 0.1) is 13.5 Å². The molecule has 1 aromatic carbocycles. The van der Waals surface area contributed by atoms with E-state index in [1.807, 2.05) is 36.9 Å². The molecule has 1 amide bonds. The first-order valence-electron chi connectivity index (χ1n) is 9.39. The molecule has 3 aromatic rings. The smallest absolute Gasteiger partial charge is 0.252 e. The number of hydrogen-bond acceptors (Lipinski definition) is 6. The highest BCUT2D eigenvalue weighted by Gasteiger charge is 2.23. The van der Waals surface area contributed by atoms with Gasteiger partial charge in [0.15, 0.2) is 0 Å². The summed E-state index contributed by atoms with van der Waals surface area (Å²) in [6, 6.07) is 8.04. The molecule has 0 saturated carbocycles. The van der Waals surface area contributed by atoms with Crippen molar-refractivity contribution in [2.24, 2.45) is 0 Å². The molecular weight excluding hydrogens is 356 g/mol. The second kappa shape index (κ2) is 7.46. The Morgan fingerprint density at radius 2 is 1.96 bits per heavy atom. The maximum Gasteiger partial charge on any atom is 0.252 e. The fraction of sp³-hybridized carbons (Fsp3) is 0.400. The lowest BCUT2D eigenvalue weighted by atomic mass is 10.1. The molecule has 4 rings (SSSR count). The van der Waals surface area contributed by atoms with E-state index in [9.17, 15) is 4.79 Å². The van der Waals surface area contributed by atoms with Gasteiger partial charge in [0.1, 0.15) is 12.1 Å². The molecular formula is C20H24N6O2. The summed E-state index contributed by atoms with van der Waals surface area (Å²) in [5, 5.41) is 4.20. The predicted molar refractivity (Wildman–Crippen MR) is 106 cm³/mol. The molecule has 0 bridgehead atoms. The van der Waals surface area contributed by atoms with E-state index in [0.717, 1.165) is 41.5 Å². The zero-order valence-corrected chi connectivity index (χ0v) is 16.4. The van der Waals surface area contributed by atoms with Crippen molar-refractivity contribution in [2.45, 2.75) is 20.3 Å². The van der Waals surface area contributed by atoms with Gasteiger partial charge in [-0.2, -0.15) is 10.1 Å². The number of ether oxygens (including phenoxy) is 1. The van der Waals surface area contributed by atoms with E-state index in [1.165, 1.54) is 6.33 Å². The molecule has 8 nitrogen and oxygen atoms in total. The Kier molecular flexibility index (Phi) is 4.85. The van der Waals surface area contributed by atoms with Gasteiger partial charge in [-0.1, -0.05) is 6.07 Å². The van der Waals surface area contributed by atoms with Crippen LogP contribution in [0.1, 0.15) is 17.0 Å². The van der Waals surface area contributed by atoms with Crippen LogP contribution in [-0.2, 0) is 11.2 Å². The van der Waals surface area contributed by atoms with Crippen LogP contribution in [0.5, 0.6) is 5.75 Å². The van der Waals surface area contributed by atoms with Gasteiger partial charge in [0.25, 0.3) is 5.78 Å². The summed E-state index contributed by atoms with van der Waals surface area (Å²) in [5.74, 6) is 1.54. The first-order chi connectivity index (χ1) is 13.6. The summed E-state index contributed by atoms with van der Waals surface area (Å²) in [4.78, 5) is 25.7. The molecule has 0 atom stereocenters.